The molecule has 1 aliphatic heterocycles. The number of nitrogens with zero attached hydrogens (tertiary/aromatic N) is 1. The fourth-order valence-corrected chi connectivity index (χ4v) is 3.28. The molecule has 0 N–H and O–H groups in total. The quantitative estimate of drug-likeness (QED) is 0.545. The number of amides is 1. The summed E-state index contributed by atoms with van der Waals surface area (Å²) >= 11 is 6.13. The lowest BCUT2D eigenvalue weighted by atomic mass is 10.1. The van der Waals surface area contributed by atoms with Crippen molar-refractivity contribution in [2.75, 3.05) is 6.54 Å². The summed E-state index contributed by atoms with van der Waals surface area (Å²) in [5.41, 5.74) is 1.05. The monoisotopic (exact) mass is 403 g/mol. The van der Waals surface area contributed by atoms with Gasteiger partial charge in [0, 0.05) is 30.1 Å². The second-order valence-electron chi connectivity index (χ2n) is 6.72. The minimum Gasteiger partial charge on any atom is -0.454 e. The third kappa shape index (κ3) is 4.57. The maximum atomic E-state index is 13.0. The Hall–Kier alpha value is -2.73. The average Bonchev–Trinajstić information content (AvgIpc) is 3.04. The zero-order chi connectivity index (χ0) is 20.3. The molecule has 5 nitrogen and oxygen atoms in total. The van der Waals surface area contributed by atoms with Crippen LogP contribution in [0.25, 0.3) is 0 Å². The third-order valence-electron chi connectivity index (χ3n) is 4.66. The molecule has 1 fully saturated rings. The summed E-state index contributed by atoms with van der Waals surface area (Å²) in [6.07, 6.45) is -0.994. The number of hydrogen-bond donors (Lipinski definition) is 0. The first kappa shape index (κ1) is 20.0. The highest BCUT2D eigenvalue weighted by atomic mass is 35.5. The van der Waals surface area contributed by atoms with Gasteiger partial charge < -0.3 is 9.64 Å². The molecule has 0 aromatic heterocycles. The number of carbonyl (C=O) groups excluding carboxylic acids is 3. The summed E-state index contributed by atoms with van der Waals surface area (Å²) in [5.74, 6) is -2.29. The van der Waals surface area contributed by atoms with E-state index >= 15 is 0 Å². The molecule has 0 unspecified atom stereocenters. The first-order chi connectivity index (χ1) is 13.3. The van der Waals surface area contributed by atoms with Crippen molar-refractivity contribution in [3.63, 3.8) is 0 Å². The number of likely N-dealkylation sites (tertiary alicyclic amines) is 1. The molecular weight excluding hydrogens is 385 g/mol. The number of ether oxygens (including phenoxy) is 1. The minimum atomic E-state index is -1.02. The van der Waals surface area contributed by atoms with Crippen LogP contribution in [0, 0.1) is 11.7 Å². The van der Waals surface area contributed by atoms with Gasteiger partial charge in [-0.05, 0) is 42.8 Å². The van der Waals surface area contributed by atoms with E-state index in [0.29, 0.717) is 11.6 Å². The van der Waals surface area contributed by atoms with Crippen LogP contribution in [-0.4, -0.2) is 35.2 Å². The number of Topliss-reactive ketones (excluding diaryl/α,β-unsaturated/α-hetero) is 1. The zero-order valence-electron chi connectivity index (χ0n) is 15.2. The highest BCUT2D eigenvalue weighted by molar-refractivity contribution is 6.31. The number of ketones is 1. The van der Waals surface area contributed by atoms with Crippen LogP contribution >= 0.6 is 11.6 Å². The van der Waals surface area contributed by atoms with Gasteiger partial charge in [0.2, 0.25) is 11.7 Å². The molecule has 2 aromatic carbocycles. The van der Waals surface area contributed by atoms with Crippen molar-refractivity contribution >= 4 is 29.3 Å². The van der Waals surface area contributed by atoms with E-state index in [4.69, 9.17) is 16.3 Å². The van der Waals surface area contributed by atoms with Crippen molar-refractivity contribution in [3.05, 3.63) is 70.5 Å². The van der Waals surface area contributed by atoms with Crippen LogP contribution < -0.4 is 0 Å². The zero-order valence-corrected chi connectivity index (χ0v) is 16.0. The van der Waals surface area contributed by atoms with Crippen molar-refractivity contribution in [1.82, 2.24) is 4.90 Å². The second-order valence-corrected chi connectivity index (χ2v) is 7.12. The molecule has 28 heavy (non-hydrogen) atoms. The van der Waals surface area contributed by atoms with Gasteiger partial charge in [0.05, 0.1) is 5.92 Å². The van der Waals surface area contributed by atoms with Crippen LogP contribution in [-0.2, 0) is 20.9 Å². The Labute approximate surface area is 167 Å². The van der Waals surface area contributed by atoms with E-state index in [1.165, 1.54) is 31.2 Å². The Morgan fingerprint density at radius 2 is 1.89 bits per heavy atom. The topological polar surface area (TPSA) is 63.7 Å². The molecule has 0 radical (unpaired) electrons. The lowest BCUT2D eigenvalue weighted by molar-refractivity contribution is -0.151. The van der Waals surface area contributed by atoms with Gasteiger partial charge in [-0.25, -0.2) is 4.39 Å². The normalized spacial score (nSPS) is 17.5. The predicted octanol–water partition coefficient (Wildman–Crippen LogP) is 3.64. The first-order valence-corrected chi connectivity index (χ1v) is 9.24. The van der Waals surface area contributed by atoms with Gasteiger partial charge in [-0.2, -0.15) is 0 Å². The fraction of sp³-hybridized carbons (Fsp3) is 0.286. The maximum Gasteiger partial charge on any atom is 0.311 e. The molecule has 7 heteroatoms. The second kappa shape index (κ2) is 8.52. The van der Waals surface area contributed by atoms with E-state index in [-0.39, 0.29) is 24.4 Å². The summed E-state index contributed by atoms with van der Waals surface area (Å²) in [6, 6.07) is 12.2. The van der Waals surface area contributed by atoms with Crippen LogP contribution in [0.15, 0.2) is 48.5 Å². The van der Waals surface area contributed by atoms with Crippen LogP contribution in [0.2, 0.25) is 5.02 Å². The van der Waals surface area contributed by atoms with Gasteiger partial charge in [0.15, 0.2) is 6.10 Å². The van der Waals surface area contributed by atoms with Gasteiger partial charge in [-0.1, -0.05) is 29.8 Å². The minimum absolute atomic E-state index is 0.0285. The molecule has 1 saturated heterocycles. The lowest BCUT2D eigenvalue weighted by Crippen LogP contribution is -2.30. The largest absolute Gasteiger partial charge is 0.454 e. The van der Waals surface area contributed by atoms with Crippen LogP contribution in [0.3, 0.4) is 0 Å². The van der Waals surface area contributed by atoms with E-state index in [1.807, 2.05) is 12.1 Å². The molecule has 146 valence electrons. The molecule has 3 rings (SSSR count). The number of hydrogen-bond acceptors (Lipinski definition) is 4. The molecule has 1 aliphatic rings. The fourth-order valence-electron chi connectivity index (χ4n) is 3.09. The molecule has 0 aliphatic carbocycles. The summed E-state index contributed by atoms with van der Waals surface area (Å²) < 4.78 is 18.2. The predicted molar refractivity (Wildman–Crippen MR) is 101 cm³/mol. The van der Waals surface area contributed by atoms with Gasteiger partial charge in [0.1, 0.15) is 5.82 Å². The highest BCUT2D eigenvalue weighted by Crippen LogP contribution is 2.25. The lowest BCUT2D eigenvalue weighted by Gasteiger charge is -2.18. The Morgan fingerprint density at radius 1 is 1.21 bits per heavy atom. The van der Waals surface area contributed by atoms with E-state index in [9.17, 15) is 18.8 Å². The molecule has 0 bridgehead atoms. The Morgan fingerprint density at radius 3 is 2.57 bits per heavy atom. The number of carbonyl (C=O) groups is 3. The smallest absolute Gasteiger partial charge is 0.311 e. The van der Waals surface area contributed by atoms with E-state index < -0.39 is 29.6 Å². The van der Waals surface area contributed by atoms with Crippen LogP contribution in [0.1, 0.15) is 29.3 Å². The van der Waals surface area contributed by atoms with E-state index in [0.717, 1.165) is 5.56 Å². The summed E-state index contributed by atoms with van der Waals surface area (Å²) in [7, 11) is 0. The number of rotatable bonds is 6. The molecule has 0 spiro atoms. The third-order valence-corrected chi connectivity index (χ3v) is 5.03. The summed E-state index contributed by atoms with van der Waals surface area (Å²) in [4.78, 5) is 38.5. The van der Waals surface area contributed by atoms with Crippen molar-refractivity contribution in [3.8, 4) is 0 Å². The van der Waals surface area contributed by atoms with E-state index in [2.05, 4.69) is 0 Å². The van der Waals surface area contributed by atoms with Gasteiger partial charge in [0.25, 0.3) is 0 Å². The summed E-state index contributed by atoms with van der Waals surface area (Å²) in [5, 5.41) is 0.555. The van der Waals surface area contributed by atoms with Gasteiger partial charge in [-0.15, -0.1) is 0 Å². The van der Waals surface area contributed by atoms with Crippen molar-refractivity contribution < 1.29 is 23.5 Å². The van der Waals surface area contributed by atoms with Crippen molar-refractivity contribution in [2.45, 2.75) is 26.0 Å². The van der Waals surface area contributed by atoms with Crippen molar-refractivity contribution in [1.29, 1.82) is 0 Å². The van der Waals surface area contributed by atoms with Crippen molar-refractivity contribution in [2.24, 2.45) is 5.92 Å². The van der Waals surface area contributed by atoms with Crippen LogP contribution in [0.4, 0.5) is 4.39 Å². The number of halogens is 2. The molecule has 2 aromatic rings. The standard InChI is InChI=1S/C21H19ClFNO4/c1-13(20(26)14-6-8-17(23)9-7-14)28-21(27)16-10-19(25)24(12-16)11-15-4-2-3-5-18(15)22/h2-9,13,16H,10-12H2,1H3/t13-,16+/m0/s1. The van der Waals surface area contributed by atoms with Crippen LogP contribution in [0.5, 0.6) is 0 Å². The summed E-state index contributed by atoms with van der Waals surface area (Å²) in [6.45, 7) is 1.98. The number of esters is 1. The SMILES string of the molecule is C[C@H](OC(=O)[C@@H]1CC(=O)N(Cc2ccccc2Cl)C1)C(=O)c1ccc(F)cc1. The molecule has 1 heterocycles. The maximum absolute atomic E-state index is 13.0. The molecule has 2 atom stereocenters. The first-order valence-electron chi connectivity index (χ1n) is 8.86. The molecule has 0 saturated carbocycles. The Balaban J connectivity index is 1.59. The van der Waals surface area contributed by atoms with Gasteiger partial charge >= 0.3 is 5.97 Å². The highest BCUT2D eigenvalue weighted by Gasteiger charge is 2.36. The number of benzene rings is 2. The van der Waals surface area contributed by atoms with E-state index in [1.54, 1.807) is 17.0 Å². The Bertz CT molecular complexity index is 900. The molecule has 1 amide bonds. The average molecular weight is 404 g/mol. The Kier molecular flexibility index (Phi) is 6.09. The van der Waals surface area contributed by atoms with Gasteiger partial charge in [-0.3, -0.25) is 14.4 Å². The molecular formula is C21H19ClFNO4.